The molecule has 4 heteroatoms. The Labute approximate surface area is 85.4 Å². The summed E-state index contributed by atoms with van der Waals surface area (Å²) >= 11 is 5.96. The number of thiazole rings is 1. The van der Waals surface area contributed by atoms with Crippen LogP contribution in [0, 0.1) is 6.92 Å². The molecule has 66 valence electrons. The largest absolute Gasteiger partial charge is 0.248 e. The van der Waals surface area contributed by atoms with E-state index in [4.69, 9.17) is 0 Å². The summed E-state index contributed by atoms with van der Waals surface area (Å²) in [5, 5.41) is 1.99. The first kappa shape index (κ1) is 8.91. The topological polar surface area (TPSA) is 12.9 Å². The van der Waals surface area contributed by atoms with Crippen molar-refractivity contribution in [2.75, 3.05) is 17.3 Å². The fourth-order valence-electron chi connectivity index (χ4n) is 1.15. The second-order valence-electron chi connectivity index (χ2n) is 2.74. The van der Waals surface area contributed by atoms with Crippen LogP contribution in [-0.2, 0) is 0 Å². The molecule has 0 spiro atoms. The van der Waals surface area contributed by atoms with E-state index in [0.717, 1.165) is 0 Å². The maximum absolute atomic E-state index is 4.42. The highest BCUT2D eigenvalue weighted by molar-refractivity contribution is 8.06. The highest BCUT2D eigenvalue weighted by atomic mass is 32.2. The van der Waals surface area contributed by atoms with E-state index in [9.17, 15) is 0 Å². The third-order valence-corrected chi connectivity index (χ3v) is 5.67. The Morgan fingerprint density at radius 1 is 1.50 bits per heavy atom. The first-order chi connectivity index (χ1) is 5.86. The van der Waals surface area contributed by atoms with E-state index < -0.39 is 0 Å². The van der Waals surface area contributed by atoms with Gasteiger partial charge in [0.2, 0.25) is 0 Å². The minimum atomic E-state index is 0.669. The molecule has 2 rings (SSSR count). The molecule has 12 heavy (non-hydrogen) atoms. The summed E-state index contributed by atoms with van der Waals surface area (Å²) in [5.74, 6) is 3.84. The van der Waals surface area contributed by atoms with E-state index in [0.29, 0.717) is 5.25 Å². The molecule has 1 aromatic rings. The predicted octanol–water partition coefficient (Wildman–Crippen LogP) is 2.97. The lowest BCUT2D eigenvalue weighted by Crippen LogP contribution is -2.05. The van der Waals surface area contributed by atoms with Crippen LogP contribution in [0.5, 0.6) is 0 Å². The third kappa shape index (κ3) is 1.98. The average molecular weight is 217 g/mol. The first-order valence-electron chi connectivity index (χ1n) is 3.98. The zero-order valence-electron chi connectivity index (χ0n) is 6.95. The van der Waals surface area contributed by atoms with Gasteiger partial charge in [0.15, 0.2) is 0 Å². The summed E-state index contributed by atoms with van der Waals surface area (Å²) < 4.78 is 0. The lowest BCUT2D eigenvalue weighted by atomic mass is 10.5. The third-order valence-electron chi connectivity index (χ3n) is 1.73. The zero-order chi connectivity index (χ0) is 8.39. The molecule has 1 aromatic heterocycles. The van der Waals surface area contributed by atoms with Crippen LogP contribution < -0.4 is 0 Å². The first-order valence-corrected chi connectivity index (χ1v) is 7.00. The van der Waals surface area contributed by atoms with E-state index in [-0.39, 0.29) is 0 Å². The molecular formula is C8H11NS3. The number of thioether (sulfide) groups is 2. The van der Waals surface area contributed by atoms with E-state index in [2.05, 4.69) is 35.4 Å². The van der Waals surface area contributed by atoms with Gasteiger partial charge in [-0.15, -0.1) is 23.1 Å². The van der Waals surface area contributed by atoms with Crippen molar-refractivity contribution in [3.63, 3.8) is 0 Å². The van der Waals surface area contributed by atoms with Crippen LogP contribution in [0.15, 0.2) is 6.20 Å². The molecule has 1 fully saturated rings. The molecule has 1 unspecified atom stereocenters. The summed E-state index contributed by atoms with van der Waals surface area (Å²) in [4.78, 5) is 5.76. The van der Waals surface area contributed by atoms with Gasteiger partial charge >= 0.3 is 0 Å². The SMILES string of the molecule is Cc1cnc(C2CSCCS2)s1. The molecule has 1 nitrogen and oxygen atoms in total. The molecule has 0 N–H and O–H groups in total. The number of aromatic nitrogens is 1. The molecule has 0 aliphatic carbocycles. The fourth-order valence-corrected chi connectivity index (χ4v) is 4.92. The molecule has 0 aromatic carbocycles. The lowest BCUT2D eigenvalue weighted by molar-refractivity contribution is 1.06. The molecule has 1 aliphatic rings. The lowest BCUT2D eigenvalue weighted by Gasteiger charge is -2.18. The second-order valence-corrected chi connectivity index (χ2v) is 6.47. The van der Waals surface area contributed by atoms with E-state index in [1.807, 2.05) is 17.5 Å². The second kappa shape index (κ2) is 4.03. The quantitative estimate of drug-likeness (QED) is 0.718. The van der Waals surface area contributed by atoms with Gasteiger partial charge in [0, 0.05) is 28.3 Å². The molecule has 2 heterocycles. The van der Waals surface area contributed by atoms with Crippen molar-refractivity contribution in [2.24, 2.45) is 0 Å². The minimum Gasteiger partial charge on any atom is -0.248 e. The Kier molecular flexibility index (Phi) is 2.99. The van der Waals surface area contributed by atoms with Crippen LogP contribution in [0.25, 0.3) is 0 Å². The summed E-state index contributed by atoms with van der Waals surface area (Å²) in [6, 6.07) is 0. The van der Waals surface area contributed by atoms with Gasteiger partial charge in [0.05, 0.1) is 5.25 Å². The van der Waals surface area contributed by atoms with Crippen molar-refractivity contribution < 1.29 is 0 Å². The minimum absolute atomic E-state index is 0.669. The number of hydrogen-bond donors (Lipinski definition) is 0. The van der Waals surface area contributed by atoms with Gasteiger partial charge < -0.3 is 0 Å². The van der Waals surface area contributed by atoms with Gasteiger partial charge in [-0.25, -0.2) is 4.98 Å². The van der Waals surface area contributed by atoms with Crippen LogP contribution in [0.2, 0.25) is 0 Å². The highest BCUT2D eigenvalue weighted by Gasteiger charge is 2.18. The molecule has 0 saturated carbocycles. The van der Waals surface area contributed by atoms with Crippen molar-refractivity contribution >= 4 is 34.9 Å². The number of nitrogens with zero attached hydrogens (tertiary/aromatic N) is 1. The highest BCUT2D eigenvalue weighted by Crippen LogP contribution is 2.38. The smallest absolute Gasteiger partial charge is 0.107 e. The number of aryl methyl sites for hydroxylation is 1. The van der Waals surface area contributed by atoms with Crippen LogP contribution >= 0.6 is 34.9 Å². The van der Waals surface area contributed by atoms with Crippen LogP contribution in [0.3, 0.4) is 0 Å². The zero-order valence-corrected chi connectivity index (χ0v) is 9.40. The van der Waals surface area contributed by atoms with Crippen molar-refractivity contribution in [1.29, 1.82) is 0 Å². The molecule has 0 radical (unpaired) electrons. The van der Waals surface area contributed by atoms with Gasteiger partial charge in [-0.05, 0) is 6.92 Å². The average Bonchev–Trinajstić information content (AvgIpc) is 2.54. The maximum atomic E-state index is 4.42. The molecule has 1 saturated heterocycles. The van der Waals surface area contributed by atoms with Crippen LogP contribution in [0.4, 0.5) is 0 Å². The predicted molar refractivity (Wildman–Crippen MR) is 59.4 cm³/mol. The Bertz CT molecular complexity index is 253. The summed E-state index contributed by atoms with van der Waals surface area (Å²) in [5.41, 5.74) is 0. The van der Waals surface area contributed by atoms with Gasteiger partial charge in [-0.3, -0.25) is 0 Å². The van der Waals surface area contributed by atoms with Crippen LogP contribution in [0.1, 0.15) is 15.1 Å². The van der Waals surface area contributed by atoms with Gasteiger partial charge in [0.25, 0.3) is 0 Å². The number of hydrogen-bond acceptors (Lipinski definition) is 4. The van der Waals surface area contributed by atoms with Crippen molar-refractivity contribution in [2.45, 2.75) is 12.2 Å². The summed E-state index contributed by atoms with van der Waals surface area (Å²) in [6.45, 7) is 2.13. The van der Waals surface area contributed by atoms with E-state index in [1.165, 1.54) is 27.1 Å². The van der Waals surface area contributed by atoms with Crippen molar-refractivity contribution in [3.05, 3.63) is 16.1 Å². The Morgan fingerprint density at radius 3 is 3.00 bits per heavy atom. The van der Waals surface area contributed by atoms with Crippen LogP contribution in [-0.4, -0.2) is 22.2 Å². The Hall–Kier alpha value is 0.330. The molecule has 0 amide bonds. The Balaban J connectivity index is 2.08. The summed E-state index contributed by atoms with van der Waals surface area (Å²) in [6.07, 6.45) is 1.99. The van der Waals surface area contributed by atoms with Gasteiger partial charge in [-0.1, -0.05) is 0 Å². The molecule has 0 bridgehead atoms. The molecule has 1 aliphatic heterocycles. The van der Waals surface area contributed by atoms with Gasteiger partial charge in [-0.2, -0.15) is 11.8 Å². The Morgan fingerprint density at radius 2 is 2.42 bits per heavy atom. The normalized spacial score (nSPS) is 24.2. The molecule has 1 atom stereocenters. The monoisotopic (exact) mass is 217 g/mol. The fraction of sp³-hybridized carbons (Fsp3) is 0.625. The maximum Gasteiger partial charge on any atom is 0.107 e. The number of rotatable bonds is 1. The standard InChI is InChI=1S/C8H11NS3/c1-6-4-9-8(12-6)7-5-10-2-3-11-7/h4,7H,2-3,5H2,1H3. The van der Waals surface area contributed by atoms with Gasteiger partial charge in [0.1, 0.15) is 5.01 Å². The van der Waals surface area contributed by atoms with E-state index >= 15 is 0 Å². The van der Waals surface area contributed by atoms with Crippen molar-refractivity contribution in [1.82, 2.24) is 4.98 Å². The summed E-state index contributed by atoms with van der Waals surface area (Å²) in [7, 11) is 0. The molecular weight excluding hydrogens is 206 g/mol. The van der Waals surface area contributed by atoms with Crippen molar-refractivity contribution in [3.8, 4) is 0 Å². The van der Waals surface area contributed by atoms with E-state index in [1.54, 1.807) is 0 Å².